The van der Waals surface area contributed by atoms with E-state index in [1.54, 1.807) is 0 Å². The van der Waals surface area contributed by atoms with E-state index in [9.17, 15) is 0 Å². The summed E-state index contributed by atoms with van der Waals surface area (Å²) in [6.45, 7) is 9.84. The lowest BCUT2D eigenvalue weighted by atomic mass is 10.1. The molecule has 0 radical (unpaired) electrons. The molecule has 2 heterocycles. The molecule has 0 aromatic heterocycles. The molecule has 1 aromatic rings. The van der Waals surface area contributed by atoms with Crippen LogP contribution in [0.5, 0.6) is 5.75 Å². The second-order valence-electron chi connectivity index (χ2n) is 7.29. The van der Waals surface area contributed by atoms with Crippen LogP contribution < -0.4 is 10.2 Å². The Hall–Kier alpha value is -1.94. The normalized spacial score (nSPS) is 20.7. The van der Waals surface area contributed by atoms with E-state index in [0.717, 1.165) is 37.1 Å². The van der Waals surface area contributed by atoms with Crippen LogP contribution in [0, 0.1) is 0 Å². The average molecular weight is 341 g/mol. The van der Waals surface area contributed by atoms with Gasteiger partial charge in [0.15, 0.2) is 0 Å². The van der Waals surface area contributed by atoms with E-state index < -0.39 is 0 Å². The zero-order chi connectivity index (χ0) is 17.6. The van der Waals surface area contributed by atoms with Gasteiger partial charge in [0.2, 0.25) is 0 Å². The van der Waals surface area contributed by atoms with Crippen LogP contribution in [0.4, 0.5) is 0 Å². The number of nitrogens with zero attached hydrogens (tertiary/aromatic N) is 2. The average Bonchev–Trinajstić information content (AvgIpc) is 3.04. The van der Waals surface area contributed by atoms with Crippen molar-refractivity contribution in [1.82, 2.24) is 15.3 Å². The Morgan fingerprint density at radius 2 is 2.04 bits per heavy atom. The molecule has 136 valence electrons. The number of nitrogens with one attached hydrogen (secondary N) is 1. The fraction of sp³-hybridized carbons (Fsp3) is 0.524. The highest BCUT2D eigenvalue weighted by atomic mass is 16.5. The third-order valence-corrected chi connectivity index (χ3v) is 5.03. The van der Waals surface area contributed by atoms with Gasteiger partial charge in [-0.25, -0.2) is 0 Å². The van der Waals surface area contributed by atoms with E-state index in [1.807, 2.05) is 0 Å². The van der Waals surface area contributed by atoms with Crippen LogP contribution in [-0.2, 0) is 0 Å². The molecule has 0 saturated carbocycles. The quantitative estimate of drug-likeness (QED) is 0.758. The van der Waals surface area contributed by atoms with Crippen LogP contribution in [-0.4, -0.2) is 41.7 Å². The zero-order valence-electron chi connectivity index (χ0n) is 15.7. The van der Waals surface area contributed by atoms with E-state index in [-0.39, 0.29) is 0 Å². The van der Waals surface area contributed by atoms with Crippen molar-refractivity contribution in [2.24, 2.45) is 0 Å². The Kier molecular flexibility index (Phi) is 6.03. The van der Waals surface area contributed by atoms with Crippen molar-refractivity contribution in [3.63, 3.8) is 0 Å². The van der Waals surface area contributed by atoms with Crippen molar-refractivity contribution in [2.75, 3.05) is 19.7 Å². The Morgan fingerprint density at radius 3 is 2.72 bits per heavy atom. The standard InChI is InChI=1S/C21H31N3O/c1-17(2)24-15-5-8-21(22-24)19-9-11-20(12-10-19)25-16-6-14-23-13-4-7-18(23)3/h5,8-12,15,17-18,22H,4,6-7,13-14,16H2,1-3H3/t18-/m1/s1. The van der Waals surface area contributed by atoms with Crippen LogP contribution >= 0.6 is 0 Å². The zero-order valence-corrected chi connectivity index (χ0v) is 15.7. The van der Waals surface area contributed by atoms with Gasteiger partial charge in [-0.1, -0.05) is 0 Å². The Labute approximate surface area is 152 Å². The number of hydrogen-bond donors (Lipinski definition) is 1. The Balaban J connectivity index is 1.46. The molecule has 25 heavy (non-hydrogen) atoms. The molecule has 1 aromatic carbocycles. The maximum absolute atomic E-state index is 5.91. The highest BCUT2D eigenvalue weighted by Crippen LogP contribution is 2.20. The fourth-order valence-corrected chi connectivity index (χ4v) is 3.42. The van der Waals surface area contributed by atoms with E-state index >= 15 is 0 Å². The first kappa shape index (κ1) is 17.9. The third-order valence-electron chi connectivity index (χ3n) is 5.03. The van der Waals surface area contributed by atoms with Gasteiger partial charge >= 0.3 is 0 Å². The molecular weight excluding hydrogens is 310 g/mol. The van der Waals surface area contributed by atoms with Crippen molar-refractivity contribution in [3.05, 3.63) is 48.2 Å². The molecule has 0 bridgehead atoms. The number of rotatable bonds is 7. The number of benzene rings is 1. The van der Waals surface area contributed by atoms with Gasteiger partial charge in [0.1, 0.15) is 5.75 Å². The van der Waals surface area contributed by atoms with Crippen molar-refractivity contribution in [3.8, 4) is 5.75 Å². The van der Waals surface area contributed by atoms with Crippen LogP contribution in [0.15, 0.2) is 42.6 Å². The molecule has 4 nitrogen and oxygen atoms in total. The van der Waals surface area contributed by atoms with Crippen molar-refractivity contribution >= 4 is 5.70 Å². The van der Waals surface area contributed by atoms with E-state index in [2.05, 4.69) is 78.7 Å². The smallest absolute Gasteiger partial charge is 0.119 e. The minimum Gasteiger partial charge on any atom is -0.494 e. The van der Waals surface area contributed by atoms with Crippen LogP contribution in [0.25, 0.3) is 5.70 Å². The maximum Gasteiger partial charge on any atom is 0.119 e. The topological polar surface area (TPSA) is 27.7 Å². The highest BCUT2D eigenvalue weighted by Gasteiger charge is 2.19. The monoisotopic (exact) mass is 341 g/mol. The maximum atomic E-state index is 5.91. The summed E-state index contributed by atoms with van der Waals surface area (Å²) in [5.41, 5.74) is 5.73. The van der Waals surface area contributed by atoms with Gasteiger partial charge in [0.25, 0.3) is 0 Å². The predicted molar refractivity (Wildman–Crippen MR) is 104 cm³/mol. The summed E-state index contributed by atoms with van der Waals surface area (Å²) in [6, 6.07) is 9.53. The summed E-state index contributed by atoms with van der Waals surface area (Å²) < 4.78 is 5.91. The SMILES string of the molecule is CC(C)N1C=CC=C(c2ccc(OCCCN3CCC[C@H]3C)cc2)N1. The van der Waals surface area contributed by atoms with Gasteiger partial charge in [-0.05, 0) is 88.6 Å². The van der Waals surface area contributed by atoms with Crippen molar-refractivity contribution in [2.45, 2.75) is 52.1 Å². The highest BCUT2D eigenvalue weighted by molar-refractivity contribution is 5.66. The summed E-state index contributed by atoms with van der Waals surface area (Å²) in [6.07, 6.45) is 10.0. The molecular formula is C21H31N3O. The minimum atomic E-state index is 0.417. The van der Waals surface area contributed by atoms with Gasteiger partial charge in [-0.2, -0.15) is 0 Å². The molecule has 1 fully saturated rings. The molecule has 1 N–H and O–H groups in total. The Bertz CT molecular complexity index is 606. The van der Waals surface area contributed by atoms with Gasteiger partial charge in [0, 0.05) is 24.8 Å². The molecule has 2 aliphatic heterocycles. The summed E-state index contributed by atoms with van der Waals surface area (Å²) in [5, 5.41) is 2.11. The lowest BCUT2D eigenvalue weighted by molar-refractivity contribution is 0.230. The van der Waals surface area contributed by atoms with Crippen LogP contribution in [0.1, 0.15) is 45.6 Å². The van der Waals surface area contributed by atoms with Gasteiger partial charge in [-0.15, -0.1) is 0 Å². The van der Waals surface area contributed by atoms with Crippen LogP contribution in [0.2, 0.25) is 0 Å². The minimum absolute atomic E-state index is 0.417. The molecule has 0 amide bonds. The number of hydrazine groups is 1. The predicted octanol–water partition coefficient (Wildman–Crippen LogP) is 4.02. The fourth-order valence-electron chi connectivity index (χ4n) is 3.42. The lowest BCUT2D eigenvalue weighted by Gasteiger charge is -2.30. The molecule has 0 aliphatic carbocycles. The Morgan fingerprint density at radius 1 is 1.24 bits per heavy atom. The molecule has 2 aliphatic rings. The van der Waals surface area contributed by atoms with Gasteiger partial charge < -0.3 is 9.64 Å². The molecule has 3 rings (SSSR count). The largest absolute Gasteiger partial charge is 0.494 e. The molecule has 0 unspecified atom stereocenters. The molecule has 0 spiro atoms. The summed E-state index contributed by atoms with van der Waals surface area (Å²) >= 11 is 0. The number of ether oxygens (including phenoxy) is 1. The van der Waals surface area contributed by atoms with Crippen LogP contribution in [0.3, 0.4) is 0 Å². The number of allylic oxidation sites excluding steroid dienone is 2. The second-order valence-corrected chi connectivity index (χ2v) is 7.29. The number of hydrogen-bond acceptors (Lipinski definition) is 4. The first-order chi connectivity index (χ1) is 12.1. The molecule has 4 heteroatoms. The molecule has 1 atom stereocenters. The van der Waals surface area contributed by atoms with Crippen molar-refractivity contribution < 1.29 is 4.74 Å². The molecule has 1 saturated heterocycles. The lowest BCUT2D eigenvalue weighted by Crippen LogP contribution is -2.38. The van der Waals surface area contributed by atoms with Gasteiger partial charge in [0.05, 0.1) is 12.3 Å². The number of likely N-dealkylation sites (tertiary alicyclic amines) is 1. The van der Waals surface area contributed by atoms with Crippen molar-refractivity contribution in [1.29, 1.82) is 0 Å². The first-order valence-corrected chi connectivity index (χ1v) is 9.54. The summed E-state index contributed by atoms with van der Waals surface area (Å²) in [5.74, 6) is 0.950. The summed E-state index contributed by atoms with van der Waals surface area (Å²) in [4.78, 5) is 2.57. The summed E-state index contributed by atoms with van der Waals surface area (Å²) in [7, 11) is 0. The third kappa shape index (κ3) is 4.79. The first-order valence-electron chi connectivity index (χ1n) is 9.54. The van der Waals surface area contributed by atoms with E-state index in [1.165, 1.54) is 24.9 Å². The van der Waals surface area contributed by atoms with E-state index in [4.69, 9.17) is 4.74 Å². The second kappa shape index (κ2) is 8.43. The van der Waals surface area contributed by atoms with Gasteiger partial charge in [-0.3, -0.25) is 10.4 Å². The van der Waals surface area contributed by atoms with E-state index in [0.29, 0.717) is 6.04 Å².